The molecule has 0 saturated carbocycles. The molecular weight excluding hydrogens is 206 g/mol. The van der Waals surface area contributed by atoms with Crippen molar-refractivity contribution in [2.45, 2.75) is 38.5 Å². The summed E-state index contributed by atoms with van der Waals surface area (Å²) in [5.41, 5.74) is 2.02. The Morgan fingerprint density at radius 1 is 1.47 bits per heavy atom. The van der Waals surface area contributed by atoms with E-state index >= 15 is 0 Å². The van der Waals surface area contributed by atoms with Crippen molar-refractivity contribution in [2.24, 2.45) is 0 Å². The number of pyridine rings is 1. The zero-order valence-electron chi connectivity index (χ0n) is 9.60. The molecule has 1 aromatic heterocycles. The maximum atomic E-state index is 9.93. The molecule has 0 radical (unpaired) electrons. The smallest absolute Gasteiger partial charge is 0.0895 e. The zero-order valence-corrected chi connectivity index (χ0v) is 10.4. The Labute approximate surface area is 96.1 Å². The maximum absolute atomic E-state index is 9.93. The van der Waals surface area contributed by atoms with Crippen LogP contribution in [0.3, 0.4) is 0 Å². The van der Waals surface area contributed by atoms with Crippen molar-refractivity contribution in [2.75, 3.05) is 5.75 Å². The van der Waals surface area contributed by atoms with Gasteiger partial charge >= 0.3 is 0 Å². The Bertz CT molecular complexity index is 303. The number of aryl methyl sites for hydroxylation is 1. The highest BCUT2D eigenvalue weighted by Gasteiger charge is 2.10. The number of aliphatic hydroxyl groups is 1. The van der Waals surface area contributed by atoms with Crippen LogP contribution in [0.5, 0.6) is 0 Å². The second kappa shape index (κ2) is 6.13. The van der Waals surface area contributed by atoms with Crippen LogP contribution in [0.1, 0.15) is 37.5 Å². The van der Waals surface area contributed by atoms with Gasteiger partial charge < -0.3 is 5.11 Å². The van der Waals surface area contributed by atoms with Crippen LogP contribution >= 0.6 is 11.8 Å². The molecule has 2 atom stereocenters. The molecule has 0 saturated heterocycles. The molecule has 0 amide bonds. The Hall–Kier alpha value is -0.540. The van der Waals surface area contributed by atoms with Gasteiger partial charge in [0, 0.05) is 23.4 Å². The number of aliphatic hydroxyl groups excluding tert-OH is 1. The van der Waals surface area contributed by atoms with E-state index in [0.717, 1.165) is 23.3 Å². The van der Waals surface area contributed by atoms with Gasteiger partial charge in [0.15, 0.2) is 0 Å². The van der Waals surface area contributed by atoms with Crippen LogP contribution in [-0.4, -0.2) is 21.1 Å². The molecule has 0 aliphatic carbocycles. The highest BCUT2D eigenvalue weighted by atomic mass is 32.2. The minimum absolute atomic E-state index is 0.392. The van der Waals surface area contributed by atoms with Gasteiger partial charge in [-0.3, -0.25) is 4.98 Å². The van der Waals surface area contributed by atoms with Gasteiger partial charge in [0.25, 0.3) is 0 Å². The lowest BCUT2D eigenvalue weighted by molar-refractivity contribution is 0.203. The molecule has 1 heterocycles. The van der Waals surface area contributed by atoms with Crippen LogP contribution in [0.15, 0.2) is 18.5 Å². The summed E-state index contributed by atoms with van der Waals surface area (Å²) in [5.74, 6) is 0.750. The van der Waals surface area contributed by atoms with Crippen LogP contribution in [0.2, 0.25) is 0 Å². The average molecular weight is 225 g/mol. The second-order valence-corrected chi connectivity index (χ2v) is 5.34. The fourth-order valence-electron chi connectivity index (χ4n) is 1.23. The fraction of sp³-hybridized carbons (Fsp3) is 0.583. The number of rotatable bonds is 5. The molecule has 3 heteroatoms. The summed E-state index contributed by atoms with van der Waals surface area (Å²) in [6.07, 6.45) is 4.30. The lowest BCUT2D eigenvalue weighted by Gasteiger charge is -2.13. The number of aromatic nitrogens is 1. The molecule has 0 bridgehead atoms. The molecule has 1 N–H and O–H groups in total. The molecule has 1 rings (SSSR count). The van der Waals surface area contributed by atoms with Crippen LogP contribution in [0.25, 0.3) is 0 Å². The van der Waals surface area contributed by atoms with Crippen LogP contribution in [0, 0.1) is 6.92 Å². The summed E-state index contributed by atoms with van der Waals surface area (Å²) in [6, 6.07) is 1.99. The zero-order chi connectivity index (χ0) is 11.3. The first-order chi connectivity index (χ1) is 7.13. The molecular formula is C12H19NOS. The van der Waals surface area contributed by atoms with E-state index in [-0.39, 0.29) is 0 Å². The molecule has 0 aliphatic heterocycles. The van der Waals surface area contributed by atoms with Gasteiger partial charge in [0.05, 0.1) is 6.10 Å². The molecule has 0 aromatic carbocycles. The van der Waals surface area contributed by atoms with Crippen molar-refractivity contribution in [3.8, 4) is 0 Å². The molecule has 0 fully saturated rings. The van der Waals surface area contributed by atoms with E-state index in [2.05, 4.69) is 18.8 Å². The lowest BCUT2D eigenvalue weighted by Crippen LogP contribution is -2.05. The first kappa shape index (κ1) is 12.5. The van der Waals surface area contributed by atoms with Crippen LogP contribution in [-0.2, 0) is 0 Å². The van der Waals surface area contributed by atoms with Crippen LogP contribution in [0.4, 0.5) is 0 Å². The number of hydrogen-bond acceptors (Lipinski definition) is 3. The summed E-state index contributed by atoms with van der Waals surface area (Å²) in [5, 5.41) is 10.5. The number of nitrogens with zero attached hydrogens (tertiary/aromatic N) is 1. The summed E-state index contributed by atoms with van der Waals surface area (Å²) in [4.78, 5) is 4.08. The first-order valence-electron chi connectivity index (χ1n) is 5.34. The van der Waals surface area contributed by atoms with Gasteiger partial charge in [-0.25, -0.2) is 0 Å². The summed E-state index contributed by atoms with van der Waals surface area (Å²) in [7, 11) is 0. The molecule has 15 heavy (non-hydrogen) atoms. The van der Waals surface area contributed by atoms with Gasteiger partial charge in [0.1, 0.15) is 0 Å². The first-order valence-corrected chi connectivity index (χ1v) is 6.39. The van der Waals surface area contributed by atoms with Crippen molar-refractivity contribution >= 4 is 11.8 Å². The molecule has 2 nitrogen and oxygen atoms in total. The van der Waals surface area contributed by atoms with E-state index in [1.54, 1.807) is 12.4 Å². The van der Waals surface area contributed by atoms with Gasteiger partial charge in [-0.15, -0.1) is 0 Å². The molecule has 1 aromatic rings. The summed E-state index contributed by atoms with van der Waals surface area (Å²) >= 11 is 1.81. The normalized spacial score (nSPS) is 14.9. The fourth-order valence-corrected chi connectivity index (χ4v) is 2.17. The van der Waals surface area contributed by atoms with E-state index in [0.29, 0.717) is 5.25 Å². The van der Waals surface area contributed by atoms with Gasteiger partial charge in [-0.1, -0.05) is 19.9 Å². The maximum Gasteiger partial charge on any atom is 0.0895 e. The SMILES string of the molecule is CCC(C)SCC(O)c1cncc(C)c1. The summed E-state index contributed by atoms with van der Waals surface area (Å²) < 4.78 is 0. The van der Waals surface area contributed by atoms with E-state index in [1.165, 1.54) is 0 Å². The van der Waals surface area contributed by atoms with Gasteiger partial charge in [0.2, 0.25) is 0 Å². The molecule has 84 valence electrons. The lowest BCUT2D eigenvalue weighted by atomic mass is 10.1. The predicted molar refractivity (Wildman–Crippen MR) is 66.1 cm³/mol. The molecule has 0 spiro atoms. The van der Waals surface area contributed by atoms with Crippen molar-refractivity contribution in [1.82, 2.24) is 4.98 Å². The highest BCUT2D eigenvalue weighted by Crippen LogP contribution is 2.22. The van der Waals surface area contributed by atoms with Gasteiger partial charge in [-0.05, 0) is 24.5 Å². The highest BCUT2D eigenvalue weighted by molar-refractivity contribution is 7.99. The van der Waals surface area contributed by atoms with Gasteiger partial charge in [-0.2, -0.15) is 11.8 Å². The minimum Gasteiger partial charge on any atom is -0.387 e. The van der Waals surface area contributed by atoms with Crippen molar-refractivity contribution in [1.29, 1.82) is 0 Å². The van der Waals surface area contributed by atoms with E-state index in [9.17, 15) is 5.11 Å². The number of hydrogen-bond donors (Lipinski definition) is 1. The standard InChI is InChI=1S/C12H19NOS/c1-4-10(3)15-8-12(14)11-5-9(2)6-13-7-11/h5-7,10,12,14H,4,8H2,1-3H3. The van der Waals surface area contributed by atoms with Crippen molar-refractivity contribution in [3.63, 3.8) is 0 Å². The second-order valence-electron chi connectivity index (χ2n) is 3.86. The Morgan fingerprint density at radius 2 is 2.20 bits per heavy atom. The number of thioether (sulfide) groups is 1. The third kappa shape index (κ3) is 4.22. The largest absolute Gasteiger partial charge is 0.387 e. The third-order valence-corrected chi connectivity index (χ3v) is 3.80. The molecule has 2 unspecified atom stereocenters. The van der Waals surface area contributed by atoms with Crippen molar-refractivity contribution < 1.29 is 5.11 Å². The predicted octanol–water partition coefficient (Wildman–Crippen LogP) is 2.96. The Morgan fingerprint density at radius 3 is 2.80 bits per heavy atom. The van der Waals surface area contributed by atoms with E-state index in [1.807, 2.05) is 24.8 Å². The average Bonchev–Trinajstić information content (AvgIpc) is 2.25. The molecule has 0 aliphatic rings. The quantitative estimate of drug-likeness (QED) is 0.836. The van der Waals surface area contributed by atoms with Crippen molar-refractivity contribution in [3.05, 3.63) is 29.6 Å². The Kier molecular flexibility index (Phi) is 5.12. The van der Waals surface area contributed by atoms with E-state index < -0.39 is 6.10 Å². The van der Waals surface area contributed by atoms with Crippen LogP contribution < -0.4 is 0 Å². The van der Waals surface area contributed by atoms with E-state index in [4.69, 9.17) is 0 Å². The Balaban J connectivity index is 2.50. The third-order valence-electron chi connectivity index (χ3n) is 2.39. The topological polar surface area (TPSA) is 33.1 Å². The minimum atomic E-state index is -0.392. The monoisotopic (exact) mass is 225 g/mol. The summed E-state index contributed by atoms with van der Waals surface area (Å²) in [6.45, 7) is 6.34.